The number of aldehydes is 1. The van der Waals surface area contributed by atoms with Gasteiger partial charge < -0.3 is 14.2 Å². The van der Waals surface area contributed by atoms with Gasteiger partial charge in [0.25, 0.3) is 5.91 Å². The summed E-state index contributed by atoms with van der Waals surface area (Å²) in [4.78, 5) is 25.9. The van der Waals surface area contributed by atoms with E-state index in [2.05, 4.69) is 38.5 Å². The number of hydrogen-bond donors (Lipinski definition) is 0. The number of fused-ring (bicyclic) bond motifs is 1. The number of amides is 1. The third-order valence-corrected chi connectivity index (χ3v) is 6.51. The van der Waals surface area contributed by atoms with Crippen molar-refractivity contribution in [2.75, 3.05) is 13.7 Å². The molecule has 0 fully saturated rings. The molecule has 1 amide bonds. The fourth-order valence-electron chi connectivity index (χ4n) is 2.70. The highest BCUT2D eigenvalue weighted by Crippen LogP contribution is 2.32. The van der Waals surface area contributed by atoms with Crippen LogP contribution in [0.15, 0.2) is 28.7 Å². The Balaban J connectivity index is 1.87. The maximum atomic E-state index is 12.8. The molecule has 7 heteroatoms. The van der Waals surface area contributed by atoms with Crippen LogP contribution >= 0.6 is 38.5 Å². The Labute approximate surface area is 155 Å². The molecule has 0 radical (unpaired) electrons. The molecule has 1 aliphatic rings. The monoisotopic (exact) mass is 488 g/mol. The number of methoxy groups -OCH3 is 1. The Bertz CT molecular complexity index is 771. The number of carbonyl (C=O) groups is 2. The first-order chi connectivity index (χ1) is 11.1. The largest absolute Gasteiger partial charge is 0.497 e. The Morgan fingerprint density at radius 2 is 2.00 bits per heavy atom. The van der Waals surface area contributed by atoms with E-state index >= 15 is 0 Å². The highest BCUT2D eigenvalue weighted by molar-refractivity contribution is 14.1. The second-order valence-electron chi connectivity index (χ2n) is 5.21. The summed E-state index contributed by atoms with van der Waals surface area (Å²) in [6, 6.07) is 7.68. The van der Waals surface area contributed by atoms with Crippen molar-refractivity contribution in [3.63, 3.8) is 0 Å². The minimum Gasteiger partial charge on any atom is -0.497 e. The predicted octanol–water partition coefficient (Wildman–Crippen LogP) is 3.33. The number of aromatic nitrogens is 1. The zero-order valence-electron chi connectivity index (χ0n) is 12.4. The fraction of sp³-hybridized carbons (Fsp3) is 0.250. The number of nitrogens with zero attached hydrogens (tertiary/aromatic N) is 2. The summed E-state index contributed by atoms with van der Waals surface area (Å²) in [5.74, 6) is 0.743. The van der Waals surface area contributed by atoms with Crippen molar-refractivity contribution in [1.29, 1.82) is 0 Å². The van der Waals surface area contributed by atoms with Crippen LogP contribution < -0.4 is 4.74 Å². The number of benzene rings is 1. The van der Waals surface area contributed by atoms with Crippen LogP contribution in [0.25, 0.3) is 0 Å². The Hall–Kier alpha value is -1.35. The lowest BCUT2D eigenvalue weighted by atomic mass is 10.2. The predicted molar refractivity (Wildman–Crippen MR) is 98.0 cm³/mol. The van der Waals surface area contributed by atoms with Gasteiger partial charge in [0.05, 0.1) is 20.8 Å². The lowest BCUT2D eigenvalue weighted by Crippen LogP contribution is -2.40. The van der Waals surface area contributed by atoms with Crippen LogP contribution in [-0.2, 0) is 13.1 Å². The van der Waals surface area contributed by atoms with E-state index in [0.29, 0.717) is 35.5 Å². The van der Waals surface area contributed by atoms with Crippen LogP contribution in [0.1, 0.15) is 26.5 Å². The van der Waals surface area contributed by atoms with Gasteiger partial charge in [0.1, 0.15) is 11.4 Å². The summed E-state index contributed by atoms with van der Waals surface area (Å²) < 4.78 is 8.43. The average Bonchev–Trinajstić information content (AvgIpc) is 2.82. The summed E-state index contributed by atoms with van der Waals surface area (Å²) in [5.41, 5.74) is 2.16. The van der Waals surface area contributed by atoms with E-state index in [1.165, 1.54) is 0 Å². The molecule has 0 aliphatic carbocycles. The van der Waals surface area contributed by atoms with Gasteiger partial charge in [0.15, 0.2) is 6.29 Å². The minimum atomic E-state index is -0.0507. The summed E-state index contributed by atoms with van der Waals surface area (Å²) in [5, 5.41) is 0. The lowest BCUT2D eigenvalue weighted by molar-refractivity contribution is 0.0688. The van der Waals surface area contributed by atoms with Gasteiger partial charge in [-0.15, -0.1) is 0 Å². The van der Waals surface area contributed by atoms with Gasteiger partial charge >= 0.3 is 0 Å². The van der Waals surface area contributed by atoms with Crippen LogP contribution in [-0.4, -0.2) is 35.3 Å². The molecule has 0 spiro atoms. The number of carbonyl (C=O) groups excluding carboxylic acids is 2. The SMILES string of the molecule is COc1ccc(CN2CCn3c(C=O)c(Br)c(I)c3C2=O)cc1. The van der Waals surface area contributed by atoms with Crippen molar-refractivity contribution in [3.8, 4) is 5.75 Å². The van der Waals surface area contributed by atoms with E-state index in [0.717, 1.165) is 21.2 Å². The van der Waals surface area contributed by atoms with E-state index in [1.54, 1.807) is 16.6 Å². The van der Waals surface area contributed by atoms with E-state index in [-0.39, 0.29) is 5.91 Å². The molecular formula is C16H14BrIN2O3. The van der Waals surface area contributed by atoms with E-state index in [4.69, 9.17) is 4.74 Å². The van der Waals surface area contributed by atoms with Gasteiger partial charge in [0.2, 0.25) is 0 Å². The topological polar surface area (TPSA) is 51.5 Å². The van der Waals surface area contributed by atoms with Crippen LogP contribution in [0.2, 0.25) is 0 Å². The van der Waals surface area contributed by atoms with Crippen molar-refractivity contribution in [3.05, 3.63) is 49.3 Å². The molecule has 0 saturated heterocycles. The molecule has 0 unspecified atom stereocenters. The number of hydrogen-bond acceptors (Lipinski definition) is 3. The maximum absolute atomic E-state index is 12.8. The van der Waals surface area contributed by atoms with Gasteiger partial charge in [-0.2, -0.15) is 0 Å². The quantitative estimate of drug-likeness (QED) is 0.490. The van der Waals surface area contributed by atoms with Gasteiger partial charge in [-0.3, -0.25) is 9.59 Å². The lowest BCUT2D eigenvalue weighted by Gasteiger charge is -2.29. The molecule has 0 atom stereocenters. The normalized spacial score (nSPS) is 13.9. The smallest absolute Gasteiger partial charge is 0.272 e. The molecular weight excluding hydrogens is 475 g/mol. The Kier molecular flexibility index (Phi) is 4.77. The van der Waals surface area contributed by atoms with Gasteiger partial charge in [0, 0.05) is 19.6 Å². The van der Waals surface area contributed by atoms with Crippen LogP contribution in [0, 0.1) is 3.57 Å². The van der Waals surface area contributed by atoms with Crippen LogP contribution in [0.5, 0.6) is 5.75 Å². The molecule has 23 heavy (non-hydrogen) atoms. The highest BCUT2D eigenvalue weighted by atomic mass is 127. The Morgan fingerprint density at radius 1 is 1.30 bits per heavy atom. The summed E-state index contributed by atoms with van der Waals surface area (Å²) >= 11 is 5.51. The molecule has 0 N–H and O–H groups in total. The molecule has 1 aliphatic heterocycles. The third kappa shape index (κ3) is 2.91. The highest BCUT2D eigenvalue weighted by Gasteiger charge is 2.31. The molecule has 5 nitrogen and oxygen atoms in total. The van der Waals surface area contributed by atoms with Crippen molar-refractivity contribution in [2.45, 2.75) is 13.1 Å². The zero-order chi connectivity index (χ0) is 16.6. The molecule has 0 bridgehead atoms. The van der Waals surface area contributed by atoms with Gasteiger partial charge in [-0.25, -0.2) is 0 Å². The number of halogens is 2. The second-order valence-corrected chi connectivity index (χ2v) is 7.08. The molecule has 0 saturated carbocycles. The zero-order valence-corrected chi connectivity index (χ0v) is 16.1. The Morgan fingerprint density at radius 3 is 2.61 bits per heavy atom. The van der Waals surface area contributed by atoms with Crippen LogP contribution in [0.3, 0.4) is 0 Å². The summed E-state index contributed by atoms with van der Waals surface area (Å²) in [6.45, 7) is 1.74. The fourth-order valence-corrected chi connectivity index (χ4v) is 4.00. The van der Waals surface area contributed by atoms with E-state index < -0.39 is 0 Å². The van der Waals surface area contributed by atoms with Crippen molar-refractivity contribution in [2.24, 2.45) is 0 Å². The molecule has 1 aromatic carbocycles. The van der Waals surface area contributed by atoms with Crippen molar-refractivity contribution >= 4 is 50.7 Å². The standard InChI is InChI=1S/C16H14BrIN2O3/c1-23-11-4-2-10(3-5-11)8-19-6-7-20-12(9-21)13(17)14(18)15(20)16(19)22/h2-5,9H,6-8H2,1H3. The van der Waals surface area contributed by atoms with Gasteiger partial charge in [-0.05, 0) is 56.2 Å². The van der Waals surface area contributed by atoms with Crippen molar-refractivity contribution < 1.29 is 14.3 Å². The first kappa shape index (κ1) is 16.5. The number of ether oxygens (including phenoxy) is 1. The summed E-state index contributed by atoms with van der Waals surface area (Å²) in [6.07, 6.45) is 0.794. The van der Waals surface area contributed by atoms with E-state index in [9.17, 15) is 9.59 Å². The maximum Gasteiger partial charge on any atom is 0.272 e. The molecule has 120 valence electrons. The molecule has 2 heterocycles. The van der Waals surface area contributed by atoms with E-state index in [1.807, 2.05) is 24.3 Å². The second kappa shape index (κ2) is 6.64. The average molecular weight is 489 g/mol. The molecule has 1 aromatic heterocycles. The minimum absolute atomic E-state index is 0.0507. The van der Waals surface area contributed by atoms with Crippen LogP contribution in [0.4, 0.5) is 0 Å². The molecule has 2 aromatic rings. The van der Waals surface area contributed by atoms with Gasteiger partial charge in [-0.1, -0.05) is 12.1 Å². The number of rotatable bonds is 4. The molecule has 3 rings (SSSR count). The first-order valence-electron chi connectivity index (χ1n) is 7.01. The summed E-state index contributed by atoms with van der Waals surface area (Å²) in [7, 11) is 1.63. The van der Waals surface area contributed by atoms with Crippen molar-refractivity contribution in [1.82, 2.24) is 9.47 Å². The first-order valence-corrected chi connectivity index (χ1v) is 8.89. The third-order valence-electron chi connectivity index (χ3n) is 3.91.